The lowest BCUT2D eigenvalue weighted by Crippen LogP contribution is -2.24. The molecule has 0 aliphatic rings. The molecule has 0 aliphatic heterocycles. The van der Waals surface area contributed by atoms with Crippen molar-refractivity contribution >= 4 is 11.6 Å². The van der Waals surface area contributed by atoms with Gasteiger partial charge in [0.2, 0.25) is 5.91 Å². The van der Waals surface area contributed by atoms with E-state index in [1.54, 1.807) is 0 Å². The Bertz CT molecular complexity index is 374. The van der Waals surface area contributed by atoms with Gasteiger partial charge in [-0.15, -0.1) is 0 Å². The molecule has 0 fully saturated rings. The molecular formula is C15H24N2O2. The second-order valence-electron chi connectivity index (χ2n) is 4.93. The van der Waals surface area contributed by atoms with Crippen molar-refractivity contribution in [1.82, 2.24) is 5.32 Å². The molecule has 0 aliphatic carbocycles. The fourth-order valence-electron chi connectivity index (χ4n) is 1.75. The number of rotatable bonds is 8. The monoisotopic (exact) mass is 264 g/mol. The van der Waals surface area contributed by atoms with E-state index in [9.17, 15) is 4.79 Å². The van der Waals surface area contributed by atoms with Gasteiger partial charge >= 0.3 is 0 Å². The van der Waals surface area contributed by atoms with Gasteiger partial charge in [0.15, 0.2) is 0 Å². The first-order valence-corrected chi connectivity index (χ1v) is 6.85. The molecule has 0 bridgehead atoms. The minimum atomic E-state index is 0.0421. The number of nitrogens with one attached hydrogen (secondary N) is 2. The number of aliphatic hydroxyl groups excluding tert-OH is 1. The molecule has 1 aromatic carbocycles. The summed E-state index contributed by atoms with van der Waals surface area (Å²) in [6.07, 6.45) is 2.01. The quantitative estimate of drug-likeness (QED) is 0.629. The van der Waals surface area contributed by atoms with Crippen LogP contribution in [-0.2, 0) is 11.2 Å². The molecule has 1 amide bonds. The number of carbonyl (C=O) groups excluding carboxylic acids is 1. The van der Waals surface area contributed by atoms with Crippen LogP contribution in [0.15, 0.2) is 24.3 Å². The van der Waals surface area contributed by atoms with E-state index in [-0.39, 0.29) is 12.5 Å². The van der Waals surface area contributed by atoms with Gasteiger partial charge in [-0.25, -0.2) is 0 Å². The maximum atomic E-state index is 11.7. The van der Waals surface area contributed by atoms with Crippen LogP contribution in [0.1, 0.15) is 32.3 Å². The van der Waals surface area contributed by atoms with Crippen LogP contribution in [0, 0.1) is 0 Å². The average molecular weight is 264 g/mol. The van der Waals surface area contributed by atoms with Crippen LogP contribution >= 0.6 is 0 Å². The van der Waals surface area contributed by atoms with Crippen LogP contribution in [-0.4, -0.2) is 30.2 Å². The molecule has 1 rings (SSSR count). The molecule has 0 radical (unpaired) electrons. The number of anilines is 1. The van der Waals surface area contributed by atoms with Gasteiger partial charge in [-0.1, -0.05) is 26.0 Å². The zero-order chi connectivity index (χ0) is 14.1. The lowest BCUT2D eigenvalue weighted by Gasteiger charge is -2.08. The number of carbonyl (C=O) groups is 1. The average Bonchev–Trinajstić information content (AvgIpc) is 2.37. The first-order valence-electron chi connectivity index (χ1n) is 6.85. The van der Waals surface area contributed by atoms with Gasteiger partial charge in [-0.05, 0) is 37.1 Å². The van der Waals surface area contributed by atoms with Gasteiger partial charge < -0.3 is 15.7 Å². The van der Waals surface area contributed by atoms with Crippen molar-refractivity contribution in [3.63, 3.8) is 0 Å². The SMILES string of the molecule is CC(C)NCCCC(=O)Nc1ccc(CCO)cc1. The third-order valence-corrected chi connectivity index (χ3v) is 2.77. The highest BCUT2D eigenvalue weighted by molar-refractivity contribution is 5.90. The van der Waals surface area contributed by atoms with E-state index in [2.05, 4.69) is 24.5 Å². The highest BCUT2D eigenvalue weighted by atomic mass is 16.2. The Labute approximate surface area is 115 Å². The normalized spacial score (nSPS) is 10.7. The Morgan fingerprint density at radius 2 is 1.95 bits per heavy atom. The van der Waals surface area contributed by atoms with Crippen molar-refractivity contribution in [3.8, 4) is 0 Å². The highest BCUT2D eigenvalue weighted by Gasteiger charge is 2.02. The first-order chi connectivity index (χ1) is 9.11. The molecule has 0 saturated carbocycles. The number of aliphatic hydroxyl groups is 1. The fraction of sp³-hybridized carbons (Fsp3) is 0.533. The molecule has 106 valence electrons. The van der Waals surface area contributed by atoms with E-state index in [4.69, 9.17) is 5.11 Å². The molecule has 0 atom stereocenters. The van der Waals surface area contributed by atoms with Crippen LogP contribution < -0.4 is 10.6 Å². The zero-order valence-electron chi connectivity index (χ0n) is 11.8. The van der Waals surface area contributed by atoms with Gasteiger partial charge in [-0.2, -0.15) is 0 Å². The zero-order valence-corrected chi connectivity index (χ0v) is 11.8. The molecule has 0 heterocycles. The van der Waals surface area contributed by atoms with Crippen molar-refractivity contribution in [3.05, 3.63) is 29.8 Å². The molecule has 19 heavy (non-hydrogen) atoms. The third-order valence-electron chi connectivity index (χ3n) is 2.77. The summed E-state index contributed by atoms with van der Waals surface area (Å²) in [5, 5.41) is 15.0. The van der Waals surface area contributed by atoms with Crippen LogP contribution in [0.25, 0.3) is 0 Å². The number of benzene rings is 1. The molecule has 4 heteroatoms. The standard InChI is InChI=1S/C15H24N2O2/c1-12(2)16-10-3-4-15(19)17-14-7-5-13(6-8-14)9-11-18/h5-8,12,16,18H,3-4,9-11H2,1-2H3,(H,17,19). The summed E-state index contributed by atoms with van der Waals surface area (Å²) in [4.78, 5) is 11.7. The molecule has 0 saturated heterocycles. The number of amides is 1. The highest BCUT2D eigenvalue weighted by Crippen LogP contribution is 2.10. The van der Waals surface area contributed by atoms with E-state index in [1.165, 1.54) is 0 Å². The number of hydrogen-bond donors (Lipinski definition) is 3. The van der Waals surface area contributed by atoms with E-state index in [0.29, 0.717) is 18.9 Å². The molecule has 1 aromatic rings. The number of hydrogen-bond acceptors (Lipinski definition) is 3. The van der Waals surface area contributed by atoms with Crippen molar-refractivity contribution in [1.29, 1.82) is 0 Å². The van der Waals surface area contributed by atoms with Crippen molar-refractivity contribution in [2.75, 3.05) is 18.5 Å². The summed E-state index contributed by atoms with van der Waals surface area (Å²) in [6, 6.07) is 8.05. The largest absolute Gasteiger partial charge is 0.396 e. The smallest absolute Gasteiger partial charge is 0.224 e. The predicted octanol–water partition coefficient (Wildman–Crippen LogP) is 1.94. The Balaban J connectivity index is 2.27. The van der Waals surface area contributed by atoms with E-state index >= 15 is 0 Å². The van der Waals surface area contributed by atoms with E-state index in [0.717, 1.165) is 24.2 Å². The predicted molar refractivity (Wildman–Crippen MR) is 78.2 cm³/mol. The summed E-state index contributed by atoms with van der Waals surface area (Å²) in [5.74, 6) is 0.0421. The summed E-state index contributed by atoms with van der Waals surface area (Å²) in [6.45, 7) is 5.19. The minimum absolute atomic E-state index is 0.0421. The van der Waals surface area contributed by atoms with Crippen LogP contribution in [0.3, 0.4) is 0 Å². The second-order valence-corrected chi connectivity index (χ2v) is 4.93. The molecule has 0 spiro atoms. The van der Waals surface area contributed by atoms with E-state index in [1.807, 2.05) is 24.3 Å². The van der Waals surface area contributed by atoms with Crippen molar-refractivity contribution < 1.29 is 9.90 Å². The summed E-state index contributed by atoms with van der Waals surface area (Å²) in [7, 11) is 0. The Hall–Kier alpha value is -1.39. The van der Waals surface area contributed by atoms with Crippen molar-refractivity contribution in [2.45, 2.75) is 39.2 Å². The lowest BCUT2D eigenvalue weighted by molar-refractivity contribution is -0.116. The minimum Gasteiger partial charge on any atom is -0.396 e. The summed E-state index contributed by atoms with van der Waals surface area (Å²) >= 11 is 0. The molecule has 4 nitrogen and oxygen atoms in total. The second kappa shape index (κ2) is 8.67. The van der Waals surface area contributed by atoms with Crippen LogP contribution in [0.5, 0.6) is 0 Å². The lowest BCUT2D eigenvalue weighted by atomic mass is 10.1. The maximum Gasteiger partial charge on any atom is 0.224 e. The van der Waals surface area contributed by atoms with Gasteiger partial charge in [-0.3, -0.25) is 4.79 Å². The van der Waals surface area contributed by atoms with Gasteiger partial charge in [0, 0.05) is 24.8 Å². The van der Waals surface area contributed by atoms with Crippen LogP contribution in [0.2, 0.25) is 0 Å². The van der Waals surface area contributed by atoms with Crippen molar-refractivity contribution in [2.24, 2.45) is 0 Å². The summed E-state index contributed by atoms with van der Waals surface area (Å²) < 4.78 is 0. The fourth-order valence-corrected chi connectivity index (χ4v) is 1.75. The first kappa shape index (κ1) is 15.7. The topological polar surface area (TPSA) is 61.4 Å². The van der Waals surface area contributed by atoms with E-state index < -0.39 is 0 Å². The maximum absolute atomic E-state index is 11.7. The Morgan fingerprint density at radius 3 is 2.53 bits per heavy atom. The molecule has 3 N–H and O–H groups in total. The van der Waals surface area contributed by atoms with Crippen LogP contribution in [0.4, 0.5) is 5.69 Å². The molecular weight excluding hydrogens is 240 g/mol. The Kier molecular flexibility index (Phi) is 7.15. The molecule has 0 unspecified atom stereocenters. The van der Waals surface area contributed by atoms with Gasteiger partial charge in [0.25, 0.3) is 0 Å². The summed E-state index contributed by atoms with van der Waals surface area (Å²) in [5.41, 5.74) is 1.88. The van der Waals surface area contributed by atoms with Gasteiger partial charge in [0.1, 0.15) is 0 Å². The molecule has 0 aromatic heterocycles. The van der Waals surface area contributed by atoms with Gasteiger partial charge in [0.05, 0.1) is 0 Å². The Morgan fingerprint density at radius 1 is 1.26 bits per heavy atom. The third kappa shape index (κ3) is 6.94.